The third kappa shape index (κ3) is 3.37. The fourth-order valence-corrected chi connectivity index (χ4v) is 1.67. The average molecular weight is 266 g/mol. The van der Waals surface area contributed by atoms with Crippen molar-refractivity contribution in [2.45, 2.75) is 13.3 Å². The molecule has 0 aliphatic heterocycles. The number of rotatable bonds is 4. The monoisotopic (exact) mass is 266 g/mol. The lowest BCUT2D eigenvalue weighted by molar-refractivity contribution is 0.0520. The third-order valence-corrected chi connectivity index (χ3v) is 2.42. The summed E-state index contributed by atoms with van der Waals surface area (Å²) in [6.07, 6.45) is 1.54. The van der Waals surface area contributed by atoms with Gasteiger partial charge in [0.15, 0.2) is 0 Å². The van der Waals surface area contributed by atoms with Gasteiger partial charge < -0.3 is 9.72 Å². The van der Waals surface area contributed by atoms with Crippen molar-refractivity contribution < 1.29 is 18.3 Å². The molecule has 0 spiro atoms. The number of imidazole rings is 1. The largest absolute Gasteiger partial charge is 0.461 e. The van der Waals surface area contributed by atoms with Crippen molar-refractivity contribution in [1.29, 1.82) is 0 Å². The van der Waals surface area contributed by atoms with E-state index in [1.807, 2.05) is 0 Å². The molecule has 1 aromatic heterocycles. The Labute approximate surface area is 108 Å². The van der Waals surface area contributed by atoms with E-state index in [1.54, 1.807) is 6.92 Å². The van der Waals surface area contributed by atoms with Crippen LogP contribution in [0.15, 0.2) is 24.4 Å². The lowest BCUT2D eigenvalue weighted by Gasteiger charge is -2.00. The lowest BCUT2D eigenvalue weighted by atomic mass is 10.1. The van der Waals surface area contributed by atoms with Crippen LogP contribution in [0, 0.1) is 11.6 Å². The second-order valence-corrected chi connectivity index (χ2v) is 3.92. The van der Waals surface area contributed by atoms with Crippen molar-refractivity contribution in [3.8, 4) is 0 Å². The molecule has 4 nitrogen and oxygen atoms in total. The topological polar surface area (TPSA) is 55.0 Å². The first-order valence-electron chi connectivity index (χ1n) is 5.74. The van der Waals surface area contributed by atoms with Crippen molar-refractivity contribution in [3.63, 3.8) is 0 Å². The highest BCUT2D eigenvalue weighted by atomic mass is 19.1. The zero-order valence-corrected chi connectivity index (χ0v) is 10.2. The fraction of sp³-hybridized carbons (Fsp3) is 0.231. The van der Waals surface area contributed by atoms with E-state index in [9.17, 15) is 13.6 Å². The maximum absolute atomic E-state index is 13.0. The molecule has 2 rings (SSSR count). The van der Waals surface area contributed by atoms with E-state index in [0.717, 1.165) is 6.07 Å². The minimum Gasteiger partial charge on any atom is -0.461 e. The van der Waals surface area contributed by atoms with Gasteiger partial charge in [0.2, 0.25) is 0 Å². The average Bonchev–Trinajstić information content (AvgIpc) is 2.76. The van der Waals surface area contributed by atoms with E-state index >= 15 is 0 Å². The number of ether oxygens (including phenoxy) is 1. The Balaban J connectivity index is 2.13. The van der Waals surface area contributed by atoms with Gasteiger partial charge in [0.25, 0.3) is 0 Å². The third-order valence-electron chi connectivity index (χ3n) is 2.42. The predicted octanol–water partition coefficient (Wildman–Crippen LogP) is 2.46. The Kier molecular flexibility index (Phi) is 3.89. The number of nitrogens with one attached hydrogen (secondary N) is 1. The summed E-state index contributed by atoms with van der Waals surface area (Å²) in [5.74, 6) is -1.36. The Bertz CT molecular complexity index is 576. The van der Waals surface area contributed by atoms with E-state index in [-0.39, 0.29) is 18.7 Å². The van der Waals surface area contributed by atoms with Crippen LogP contribution in [0.4, 0.5) is 8.78 Å². The molecule has 0 atom stereocenters. The fourth-order valence-electron chi connectivity index (χ4n) is 1.67. The van der Waals surface area contributed by atoms with Gasteiger partial charge in [-0.15, -0.1) is 0 Å². The smallest absolute Gasteiger partial charge is 0.356 e. The van der Waals surface area contributed by atoms with Crippen molar-refractivity contribution in [3.05, 3.63) is 53.1 Å². The van der Waals surface area contributed by atoms with Crippen molar-refractivity contribution >= 4 is 5.97 Å². The number of esters is 1. The number of halogens is 2. The quantitative estimate of drug-likeness (QED) is 0.865. The van der Waals surface area contributed by atoms with Crippen LogP contribution in [-0.2, 0) is 11.2 Å². The number of carbonyl (C=O) groups is 1. The van der Waals surface area contributed by atoms with Crippen LogP contribution in [0.3, 0.4) is 0 Å². The number of H-pyrrole nitrogens is 1. The van der Waals surface area contributed by atoms with Crippen LogP contribution in [-0.4, -0.2) is 22.5 Å². The highest BCUT2D eigenvalue weighted by Crippen LogP contribution is 2.12. The zero-order chi connectivity index (χ0) is 13.8. The second kappa shape index (κ2) is 5.60. The predicted molar refractivity (Wildman–Crippen MR) is 63.7 cm³/mol. The van der Waals surface area contributed by atoms with E-state index in [0.29, 0.717) is 11.4 Å². The minimum absolute atomic E-state index is 0.202. The van der Waals surface area contributed by atoms with Crippen LogP contribution in [0.25, 0.3) is 0 Å². The molecule has 0 fully saturated rings. The Morgan fingerprint density at radius 2 is 2.00 bits per heavy atom. The van der Waals surface area contributed by atoms with Gasteiger partial charge in [-0.2, -0.15) is 0 Å². The van der Waals surface area contributed by atoms with Gasteiger partial charge in [0, 0.05) is 12.5 Å². The number of hydrogen-bond acceptors (Lipinski definition) is 3. The maximum atomic E-state index is 13.0. The summed E-state index contributed by atoms with van der Waals surface area (Å²) in [6.45, 7) is 1.97. The first-order chi connectivity index (χ1) is 9.08. The molecule has 1 heterocycles. The van der Waals surface area contributed by atoms with E-state index < -0.39 is 17.6 Å². The Morgan fingerprint density at radius 3 is 2.63 bits per heavy atom. The van der Waals surface area contributed by atoms with Gasteiger partial charge in [-0.05, 0) is 24.6 Å². The zero-order valence-electron chi connectivity index (χ0n) is 10.2. The van der Waals surface area contributed by atoms with Gasteiger partial charge in [-0.3, -0.25) is 0 Å². The van der Waals surface area contributed by atoms with E-state index in [4.69, 9.17) is 4.74 Å². The molecule has 1 N–H and O–H groups in total. The molecule has 0 radical (unpaired) electrons. The first kappa shape index (κ1) is 13.2. The van der Waals surface area contributed by atoms with Gasteiger partial charge in [-0.1, -0.05) is 0 Å². The molecular weight excluding hydrogens is 254 g/mol. The molecule has 0 saturated heterocycles. The van der Waals surface area contributed by atoms with Crippen LogP contribution < -0.4 is 0 Å². The molecule has 1 aromatic carbocycles. The van der Waals surface area contributed by atoms with Crippen LogP contribution in [0.1, 0.15) is 28.8 Å². The van der Waals surface area contributed by atoms with E-state index in [1.165, 1.54) is 18.3 Å². The molecule has 0 aliphatic rings. The van der Waals surface area contributed by atoms with Gasteiger partial charge in [-0.25, -0.2) is 18.6 Å². The first-order valence-corrected chi connectivity index (χ1v) is 5.74. The molecule has 0 aliphatic carbocycles. The normalized spacial score (nSPS) is 10.5. The summed E-state index contributed by atoms with van der Waals surface area (Å²) >= 11 is 0. The van der Waals surface area contributed by atoms with Crippen LogP contribution in [0.2, 0.25) is 0 Å². The van der Waals surface area contributed by atoms with Crippen LogP contribution >= 0.6 is 0 Å². The molecule has 100 valence electrons. The minimum atomic E-state index is -0.646. The number of hydrogen-bond donors (Lipinski definition) is 1. The summed E-state index contributed by atoms with van der Waals surface area (Å²) in [6, 6.07) is 3.24. The molecule has 0 saturated carbocycles. The van der Waals surface area contributed by atoms with Crippen molar-refractivity contribution in [2.75, 3.05) is 6.61 Å². The molecule has 0 amide bonds. The van der Waals surface area contributed by atoms with E-state index in [2.05, 4.69) is 9.97 Å². The second-order valence-electron chi connectivity index (χ2n) is 3.92. The highest BCUT2D eigenvalue weighted by Gasteiger charge is 2.11. The Hall–Kier alpha value is -2.24. The molecule has 19 heavy (non-hydrogen) atoms. The standard InChI is InChI=1S/C13H12F2N2O2/c1-2-19-13(18)11-7-16-12(17-11)5-8-3-9(14)6-10(15)4-8/h3-4,6-7H,2,5H2,1H3,(H,16,17). The Morgan fingerprint density at radius 1 is 1.32 bits per heavy atom. The summed E-state index contributed by atoms with van der Waals surface area (Å²) < 4.78 is 30.8. The van der Waals surface area contributed by atoms with Gasteiger partial charge >= 0.3 is 5.97 Å². The van der Waals surface area contributed by atoms with Crippen molar-refractivity contribution in [1.82, 2.24) is 9.97 Å². The molecule has 2 aromatic rings. The number of nitrogens with zero attached hydrogens (tertiary/aromatic N) is 1. The number of aromatic nitrogens is 2. The molecular formula is C13H12F2N2O2. The summed E-state index contributed by atoms with van der Waals surface area (Å²) in [7, 11) is 0. The summed E-state index contributed by atoms with van der Waals surface area (Å²) in [5.41, 5.74) is 0.649. The lowest BCUT2D eigenvalue weighted by Crippen LogP contribution is -2.05. The number of aromatic amines is 1. The molecule has 0 unspecified atom stereocenters. The molecule has 0 bridgehead atoms. The summed E-state index contributed by atoms with van der Waals surface area (Å²) in [5, 5.41) is 0. The van der Waals surface area contributed by atoms with Gasteiger partial charge in [0.1, 0.15) is 23.2 Å². The molecule has 6 heteroatoms. The number of carbonyl (C=O) groups excluding carboxylic acids is 1. The van der Waals surface area contributed by atoms with Gasteiger partial charge in [0.05, 0.1) is 12.8 Å². The summed E-state index contributed by atoms with van der Waals surface area (Å²) in [4.78, 5) is 18.1. The highest BCUT2D eigenvalue weighted by molar-refractivity contribution is 5.86. The maximum Gasteiger partial charge on any atom is 0.356 e. The van der Waals surface area contributed by atoms with Crippen LogP contribution in [0.5, 0.6) is 0 Å². The SMILES string of the molecule is CCOC(=O)c1cnc(Cc2cc(F)cc(F)c2)[nH]1. The van der Waals surface area contributed by atoms with Crippen molar-refractivity contribution in [2.24, 2.45) is 0 Å². The number of benzene rings is 1.